The Morgan fingerprint density at radius 2 is 2.16 bits per heavy atom. The number of aromatic nitrogens is 2. The maximum Gasteiger partial charge on any atom is 0.248 e. The number of hydrogen-bond acceptors (Lipinski definition) is 5. The smallest absolute Gasteiger partial charge is 0.248 e. The predicted molar refractivity (Wildman–Crippen MR) is 73.4 cm³/mol. The minimum Gasteiger partial charge on any atom is -0.340 e. The van der Waals surface area contributed by atoms with Crippen molar-refractivity contribution < 1.29 is 4.79 Å². The summed E-state index contributed by atoms with van der Waals surface area (Å²) < 4.78 is 0. The van der Waals surface area contributed by atoms with Crippen LogP contribution in [0.3, 0.4) is 0 Å². The lowest BCUT2D eigenvalue weighted by Crippen LogP contribution is -2.59. The zero-order valence-electron chi connectivity index (χ0n) is 11.4. The van der Waals surface area contributed by atoms with E-state index >= 15 is 0 Å². The second-order valence-electron chi connectivity index (χ2n) is 4.89. The molecule has 2 N–H and O–H groups in total. The predicted octanol–water partition coefficient (Wildman–Crippen LogP) is 0.332. The lowest BCUT2D eigenvalue weighted by molar-refractivity contribution is -0.117. The van der Waals surface area contributed by atoms with E-state index in [0.29, 0.717) is 6.54 Å². The van der Waals surface area contributed by atoms with E-state index in [4.69, 9.17) is 0 Å². The summed E-state index contributed by atoms with van der Waals surface area (Å²) in [6.45, 7) is 6.48. The number of aryl methyl sites for hydroxylation is 2. The number of piperazine rings is 1. The largest absolute Gasteiger partial charge is 0.340 e. The highest BCUT2D eigenvalue weighted by atomic mass is 16.2. The van der Waals surface area contributed by atoms with Crippen LogP contribution in [0.1, 0.15) is 25.4 Å². The number of rotatable bonds is 2. The minimum absolute atomic E-state index is 0.0437. The second kappa shape index (κ2) is 4.77. The van der Waals surface area contributed by atoms with Gasteiger partial charge in [-0.3, -0.25) is 4.79 Å². The van der Waals surface area contributed by atoms with Crippen molar-refractivity contribution in [3.05, 3.63) is 11.5 Å². The van der Waals surface area contributed by atoms with E-state index in [9.17, 15) is 4.79 Å². The van der Waals surface area contributed by atoms with Gasteiger partial charge in [0.15, 0.2) is 5.82 Å². The van der Waals surface area contributed by atoms with Gasteiger partial charge in [-0.2, -0.15) is 0 Å². The van der Waals surface area contributed by atoms with Crippen LogP contribution in [0.5, 0.6) is 0 Å². The molecule has 0 radical (unpaired) electrons. The van der Waals surface area contributed by atoms with Crippen molar-refractivity contribution in [3.8, 4) is 0 Å². The van der Waals surface area contributed by atoms with Gasteiger partial charge in [0, 0.05) is 26.1 Å². The van der Waals surface area contributed by atoms with Crippen LogP contribution < -0.4 is 15.5 Å². The van der Waals surface area contributed by atoms with Crippen LogP contribution >= 0.6 is 0 Å². The summed E-state index contributed by atoms with van der Waals surface area (Å²) in [5, 5.41) is 6.24. The molecule has 2 aliphatic rings. The molecular weight excluding hydrogens is 242 g/mol. The number of carbonyl (C=O) groups excluding carboxylic acids is 1. The quantitative estimate of drug-likeness (QED) is 0.803. The molecule has 1 atom stereocenters. The number of amides is 1. The normalized spacial score (nSPS) is 21.7. The van der Waals surface area contributed by atoms with Crippen molar-refractivity contribution in [1.82, 2.24) is 15.3 Å². The van der Waals surface area contributed by atoms with Gasteiger partial charge in [-0.15, -0.1) is 0 Å². The first-order chi connectivity index (χ1) is 9.24. The fourth-order valence-electron chi connectivity index (χ4n) is 2.69. The first-order valence-corrected chi connectivity index (χ1v) is 6.92. The maximum absolute atomic E-state index is 12.2. The van der Waals surface area contributed by atoms with Gasteiger partial charge in [0.05, 0.1) is 5.69 Å². The highest BCUT2D eigenvalue weighted by Crippen LogP contribution is 2.33. The van der Waals surface area contributed by atoms with Gasteiger partial charge >= 0.3 is 0 Å². The molecule has 102 valence electrons. The van der Waals surface area contributed by atoms with Gasteiger partial charge in [0.1, 0.15) is 17.6 Å². The third-order valence-electron chi connectivity index (χ3n) is 3.73. The first-order valence-electron chi connectivity index (χ1n) is 6.92. The Morgan fingerprint density at radius 1 is 1.32 bits per heavy atom. The zero-order valence-corrected chi connectivity index (χ0v) is 11.4. The summed E-state index contributed by atoms with van der Waals surface area (Å²) >= 11 is 0. The van der Waals surface area contributed by atoms with Gasteiger partial charge in [-0.1, -0.05) is 13.8 Å². The van der Waals surface area contributed by atoms with Crippen LogP contribution in [-0.4, -0.2) is 41.6 Å². The molecular formula is C13H19N5O. The van der Waals surface area contributed by atoms with Crippen molar-refractivity contribution in [2.75, 3.05) is 29.9 Å². The molecule has 0 aliphatic carbocycles. The molecule has 0 bridgehead atoms. The third-order valence-corrected chi connectivity index (χ3v) is 3.73. The highest BCUT2D eigenvalue weighted by molar-refractivity contribution is 6.03. The van der Waals surface area contributed by atoms with E-state index in [1.54, 1.807) is 0 Å². The van der Waals surface area contributed by atoms with Crippen LogP contribution in [0.4, 0.5) is 11.5 Å². The fraction of sp³-hybridized carbons (Fsp3) is 0.615. The van der Waals surface area contributed by atoms with Crippen LogP contribution in [-0.2, 0) is 17.6 Å². The van der Waals surface area contributed by atoms with Gasteiger partial charge < -0.3 is 15.5 Å². The van der Waals surface area contributed by atoms with Gasteiger partial charge in [-0.05, 0) is 6.42 Å². The standard InChI is InChI=1S/C13H19N5O/c1-3-8-11-12(16-10(4-2)15-8)18-6-5-14-7-9(18)13(19)17-11/h9,14H,3-7H2,1-2H3,(H,17,19). The lowest BCUT2D eigenvalue weighted by Gasteiger charge is -2.40. The van der Waals surface area contributed by atoms with Crippen molar-refractivity contribution in [3.63, 3.8) is 0 Å². The number of nitrogens with zero attached hydrogens (tertiary/aromatic N) is 3. The van der Waals surface area contributed by atoms with E-state index in [0.717, 1.165) is 49.0 Å². The van der Waals surface area contributed by atoms with Crippen LogP contribution in [0.15, 0.2) is 0 Å². The number of anilines is 2. The molecule has 1 saturated heterocycles. The second-order valence-corrected chi connectivity index (χ2v) is 4.89. The molecule has 19 heavy (non-hydrogen) atoms. The summed E-state index contributed by atoms with van der Waals surface area (Å²) in [5.41, 5.74) is 1.75. The number of fused-ring (bicyclic) bond motifs is 3. The molecule has 3 heterocycles. The Kier molecular flexibility index (Phi) is 3.10. The van der Waals surface area contributed by atoms with E-state index < -0.39 is 0 Å². The Balaban J connectivity index is 2.11. The molecule has 0 aromatic carbocycles. The van der Waals surface area contributed by atoms with E-state index in [1.807, 2.05) is 0 Å². The van der Waals surface area contributed by atoms with Gasteiger partial charge in [0.25, 0.3) is 0 Å². The Bertz CT molecular complexity index is 516. The van der Waals surface area contributed by atoms with Crippen LogP contribution in [0, 0.1) is 0 Å². The third kappa shape index (κ3) is 1.96. The maximum atomic E-state index is 12.2. The molecule has 0 spiro atoms. The fourth-order valence-corrected chi connectivity index (χ4v) is 2.69. The molecule has 0 saturated carbocycles. The summed E-state index contributed by atoms with van der Waals surface area (Å²) in [7, 11) is 0. The Labute approximate surface area is 112 Å². The average Bonchev–Trinajstić information content (AvgIpc) is 2.47. The molecule has 1 aromatic heterocycles. The van der Waals surface area contributed by atoms with Gasteiger partial charge in [0.2, 0.25) is 5.91 Å². The topological polar surface area (TPSA) is 70.2 Å². The van der Waals surface area contributed by atoms with Crippen LogP contribution in [0.25, 0.3) is 0 Å². The number of carbonyl (C=O) groups is 1. The number of hydrogen-bond donors (Lipinski definition) is 2. The summed E-state index contributed by atoms with van der Waals surface area (Å²) in [5.74, 6) is 1.79. The van der Waals surface area contributed by atoms with Crippen molar-refractivity contribution in [2.45, 2.75) is 32.7 Å². The Morgan fingerprint density at radius 3 is 2.89 bits per heavy atom. The summed E-state index contributed by atoms with van der Waals surface area (Å²) in [4.78, 5) is 23.4. The van der Waals surface area contributed by atoms with Crippen molar-refractivity contribution >= 4 is 17.4 Å². The molecule has 3 rings (SSSR count). The van der Waals surface area contributed by atoms with Gasteiger partial charge in [-0.25, -0.2) is 9.97 Å². The highest BCUT2D eigenvalue weighted by Gasteiger charge is 2.37. The lowest BCUT2D eigenvalue weighted by atomic mass is 10.1. The van der Waals surface area contributed by atoms with Crippen molar-refractivity contribution in [2.24, 2.45) is 0 Å². The molecule has 1 fully saturated rings. The first kappa shape index (κ1) is 12.3. The SMILES string of the molecule is CCc1nc(CC)c2c(n1)N1CCNCC1C(=O)N2. The monoisotopic (exact) mass is 261 g/mol. The molecule has 6 nitrogen and oxygen atoms in total. The summed E-state index contributed by atoms with van der Waals surface area (Å²) in [6, 6.07) is -0.148. The average molecular weight is 261 g/mol. The number of nitrogens with one attached hydrogen (secondary N) is 2. The molecule has 1 aromatic rings. The molecule has 6 heteroatoms. The molecule has 2 aliphatic heterocycles. The summed E-state index contributed by atoms with van der Waals surface area (Å²) in [6.07, 6.45) is 1.61. The van der Waals surface area contributed by atoms with E-state index in [1.165, 1.54) is 0 Å². The van der Waals surface area contributed by atoms with E-state index in [-0.39, 0.29) is 11.9 Å². The zero-order chi connectivity index (χ0) is 13.4. The minimum atomic E-state index is -0.148. The van der Waals surface area contributed by atoms with E-state index in [2.05, 4.69) is 39.3 Å². The van der Waals surface area contributed by atoms with Crippen LogP contribution in [0.2, 0.25) is 0 Å². The molecule has 1 amide bonds. The van der Waals surface area contributed by atoms with Crippen molar-refractivity contribution in [1.29, 1.82) is 0 Å². The Hall–Kier alpha value is -1.69. The molecule has 1 unspecified atom stereocenters.